The van der Waals surface area contributed by atoms with E-state index in [1.54, 1.807) is 6.92 Å². The third-order valence-electron chi connectivity index (χ3n) is 2.38. The Morgan fingerprint density at radius 3 is 2.62 bits per heavy atom. The van der Waals surface area contributed by atoms with Crippen LogP contribution in [-0.4, -0.2) is 23.3 Å². The summed E-state index contributed by atoms with van der Waals surface area (Å²) in [6.07, 6.45) is 0. The number of esters is 1. The fourth-order valence-electron chi connectivity index (χ4n) is 1.59. The smallest absolute Gasteiger partial charge is 0.341 e. The third kappa shape index (κ3) is 1.69. The molecule has 1 heterocycles. The normalized spacial score (nSPS) is 10.1. The number of hydrogen-bond donors (Lipinski definition) is 1. The highest BCUT2D eigenvalue weighted by atomic mass is 16.5. The number of carbonyl (C=O) groups is 1. The minimum atomic E-state index is -0.370. The van der Waals surface area contributed by atoms with E-state index in [2.05, 4.69) is 10.2 Å². The summed E-state index contributed by atoms with van der Waals surface area (Å²) in [6, 6.07) is 9.53. The summed E-state index contributed by atoms with van der Waals surface area (Å²) in [7, 11) is 1.36. The first-order chi connectivity index (χ1) is 7.74. The van der Waals surface area contributed by atoms with Gasteiger partial charge in [-0.2, -0.15) is 5.10 Å². The number of nitrogens with zero attached hydrogens (tertiary/aromatic N) is 1. The molecule has 1 aromatic carbocycles. The van der Waals surface area contributed by atoms with Crippen molar-refractivity contribution in [2.45, 2.75) is 6.92 Å². The molecule has 0 atom stereocenters. The average molecular weight is 216 g/mol. The standard InChI is InChI=1S/C12H12N2O2/c1-8-10(12(15)16-2)11(14-13-8)9-6-4-3-5-7-9/h3-7H,1-2H3,(H,13,14). The van der Waals surface area contributed by atoms with E-state index in [9.17, 15) is 4.79 Å². The number of hydrogen-bond acceptors (Lipinski definition) is 3. The van der Waals surface area contributed by atoms with Crippen LogP contribution in [0, 0.1) is 6.92 Å². The van der Waals surface area contributed by atoms with Crippen LogP contribution in [0.5, 0.6) is 0 Å². The number of methoxy groups -OCH3 is 1. The molecule has 0 saturated carbocycles. The van der Waals surface area contributed by atoms with Gasteiger partial charge in [0.1, 0.15) is 11.3 Å². The summed E-state index contributed by atoms with van der Waals surface area (Å²) < 4.78 is 4.74. The molecule has 0 aliphatic rings. The number of benzene rings is 1. The quantitative estimate of drug-likeness (QED) is 0.783. The fourth-order valence-corrected chi connectivity index (χ4v) is 1.59. The Labute approximate surface area is 93.3 Å². The van der Waals surface area contributed by atoms with Gasteiger partial charge < -0.3 is 4.74 Å². The number of aromatic nitrogens is 2. The van der Waals surface area contributed by atoms with Crippen LogP contribution >= 0.6 is 0 Å². The van der Waals surface area contributed by atoms with Crippen molar-refractivity contribution in [1.29, 1.82) is 0 Å². The molecular weight excluding hydrogens is 204 g/mol. The average Bonchev–Trinajstić information content (AvgIpc) is 2.71. The molecule has 0 aliphatic heterocycles. The minimum Gasteiger partial charge on any atom is -0.465 e. The van der Waals surface area contributed by atoms with E-state index in [0.717, 1.165) is 5.56 Å². The number of aromatic amines is 1. The highest BCUT2D eigenvalue weighted by molar-refractivity contribution is 5.97. The molecule has 0 radical (unpaired) electrons. The Morgan fingerprint density at radius 1 is 1.31 bits per heavy atom. The SMILES string of the molecule is COC(=O)c1c(-c2ccccc2)n[nH]c1C. The maximum Gasteiger partial charge on any atom is 0.341 e. The summed E-state index contributed by atoms with van der Waals surface area (Å²) in [5, 5.41) is 6.93. The molecule has 82 valence electrons. The number of nitrogens with one attached hydrogen (secondary N) is 1. The maximum atomic E-state index is 11.6. The van der Waals surface area contributed by atoms with Gasteiger partial charge in [-0.15, -0.1) is 0 Å². The van der Waals surface area contributed by atoms with Crippen molar-refractivity contribution >= 4 is 5.97 Å². The summed E-state index contributed by atoms with van der Waals surface area (Å²) >= 11 is 0. The number of H-pyrrole nitrogens is 1. The molecule has 0 unspecified atom stereocenters. The first-order valence-corrected chi connectivity index (χ1v) is 4.92. The van der Waals surface area contributed by atoms with Crippen LogP contribution in [0.2, 0.25) is 0 Å². The van der Waals surface area contributed by atoms with Crippen LogP contribution in [0.25, 0.3) is 11.3 Å². The van der Waals surface area contributed by atoms with Crippen molar-refractivity contribution in [3.05, 3.63) is 41.6 Å². The fraction of sp³-hybridized carbons (Fsp3) is 0.167. The molecule has 2 rings (SSSR count). The van der Waals surface area contributed by atoms with Gasteiger partial charge in [0.05, 0.1) is 7.11 Å². The Morgan fingerprint density at radius 2 is 2.00 bits per heavy atom. The molecule has 0 aliphatic carbocycles. The highest BCUT2D eigenvalue weighted by Crippen LogP contribution is 2.23. The van der Waals surface area contributed by atoms with Crippen LogP contribution in [0.15, 0.2) is 30.3 Å². The predicted molar refractivity (Wildman–Crippen MR) is 60.1 cm³/mol. The van der Waals surface area contributed by atoms with E-state index in [0.29, 0.717) is 17.0 Å². The first kappa shape index (κ1) is 10.4. The second-order valence-corrected chi connectivity index (χ2v) is 3.43. The second kappa shape index (κ2) is 4.18. The maximum absolute atomic E-state index is 11.6. The zero-order valence-electron chi connectivity index (χ0n) is 9.15. The van der Waals surface area contributed by atoms with E-state index >= 15 is 0 Å². The number of aryl methyl sites for hydroxylation is 1. The van der Waals surface area contributed by atoms with Gasteiger partial charge in [-0.3, -0.25) is 5.10 Å². The number of rotatable bonds is 2. The van der Waals surface area contributed by atoms with Gasteiger partial charge >= 0.3 is 5.97 Å². The Hall–Kier alpha value is -2.10. The minimum absolute atomic E-state index is 0.370. The molecule has 2 aromatic rings. The zero-order chi connectivity index (χ0) is 11.5. The van der Waals surface area contributed by atoms with Crippen LogP contribution in [0.1, 0.15) is 16.1 Å². The van der Waals surface area contributed by atoms with Crippen LogP contribution < -0.4 is 0 Å². The lowest BCUT2D eigenvalue weighted by Crippen LogP contribution is -2.03. The first-order valence-electron chi connectivity index (χ1n) is 4.92. The van der Waals surface area contributed by atoms with Gasteiger partial charge in [-0.1, -0.05) is 30.3 Å². The van der Waals surface area contributed by atoms with Gasteiger partial charge in [-0.25, -0.2) is 4.79 Å². The third-order valence-corrected chi connectivity index (χ3v) is 2.38. The molecule has 1 aromatic heterocycles. The molecule has 0 amide bonds. The summed E-state index contributed by atoms with van der Waals surface area (Å²) in [6.45, 7) is 1.80. The lowest BCUT2D eigenvalue weighted by molar-refractivity contribution is 0.0601. The van der Waals surface area contributed by atoms with Gasteiger partial charge in [0.25, 0.3) is 0 Å². The molecule has 4 heteroatoms. The van der Waals surface area contributed by atoms with Crippen LogP contribution in [-0.2, 0) is 4.74 Å². The largest absolute Gasteiger partial charge is 0.465 e. The van der Waals surface area contributed by atoms with Gasteiger partial charge in [-0.05, 0) is 6.92 Å². The van der Waals surface area contributed by atoms with Gasteiger partial charge in [0.15, 0.2) is 0 Å². The summed E-state index contributed by atoms with van der Waals surface area (Å²) in [4.78, 5) is 11.6. The molecule has 16 heavy (non-hydrogen) atoms. The lowest BCUT2D eigenvalue weighted by Gasteiger charge is -2.01. The van der Waals surface area contributed by atoms with E-state index in [4.69, 9.17) is 4.74 Å². The van der Waals surface area contributed by atoms with Crippen molar-refractivity contribution in [3.8, 4) is 11.3 Å². The molecule has 0 bridgehead atoms. The van der Waals surface area contributed by atoms with E-state index in [1.165, 1.54) is 7.11 Å². The predicted octanol–water partition coefficient (Wildman–Crippen LogP) is 2.17. The zero-order valence-corrected chi connectivity index (χ0v) is 9.15. The molecule has 4 nitrogen and oxygen atoms in total. The highest BCUT2D eigenvalue weighted by Gasteiger charge is 2.19. The van der Waals surface area contributed by atoms with Crippen molar-refractivity contribution in [2.24, 2.45) is 0 Å². The van der Waals surface area contributed by atoms with Crippen LogP contribution in [0.4, 0.5) is 0 Å². The van der Waals surface area contributed by atoms with E-state index < -0.39 is 0 Å². The van der Waals surface area contributed by atoms with Crippen molar-refractivity contribution < 1.29 is 9.53 Å². The molecule has 1 N–H and O–H groups in total. The second-order valence-electron chi connectivity index (χ2n) is 3.43. The summed E-state index contributed by atoms with van der Waals surface area (Å²) in [5.41, 5.74) is 2.73. The summed E-state index contributed by atoms with van der Waals surface area (Å²) in [5.74, 6) is -0.370. The van der Waals surface area contributed by atoms with Crippen molar-refractivity contribution in [2.75, 3.05) is 7.11 Å². The Balaban J connectivity index is 2.55. The lowest BCUT2D eigenvalue weighted by atomic mass is 10.1. The molecule has 0 saturated heterocycles. The van der Waals surface area contributed by atoms with Gasteiger partial charge in [0, 0.05) is 11.3 Å². The number of ether oxygens (including phenoxy) is 1. The van der Waals surface area contributed by atoms with Crippen molar-refractivity contribution in [1.82, 2.24) is 10.2 Å². The molecule has 0 spiro atoms. The van der Waals surface area contributed by atoms with Crippen molar-refractivity contribution in [3.63, 3.8) is 0 Å². The topological polar surface area (TPSA) is 55.0 Å². The monoisotopic (exact) mass is 216 g/mol. The van der Waals surface area contributed by atoms with E-state index in [-0.39, 0.29) is 5.97 Å². The Bertz CT molecular complexity index is 503. The molecular formula is C12H12N2O2. The van der Waals surface area contributed by atoms with Crippen LogP contribution in [0.3, 0.4) is 0 Å². The van der Waals surface area contributed by atoms with E-state index in [1.807, 2.05) is 30.3 Å². The Kier molecular flexibility index (Phi) is 2.72. The number of carbonyl (C=O) groups excluding carboxylic acids is 1. The molecule has 0 fully saturated rings. The van der Waals surface area contributed by atoms with Gasteiger partial charge in [0.2, 0.25) is 0 Å².